The Morgan fingerprint density at radius 2 is 1.62 bits per heavy atom. The topological polar surface area (TPSA) is 92.7 Å². The predicted octanol–water partition coefficient (Wildman–Crippen LogP) is 2.11. The monoisotopic (exact) mass is 369 g/mol. The number of ether oxygens (including phenoxy) is 2. The van der Waals surface area contributed by atoms with E-state index in [2.05, 4.69) is 4.74 Å². The molecule has 0 amide bonds. The van der Waals surface area contributed by atoms with Gasteiger partial charge >= 0.3 is 17.9 Å². The molecule has 0 heterocycles. The molecule has 1 fully saturated rings. The van der Waals surface area contributed by atoms with Gasteiger partial charge in [0.2, 0.25) is 0 Å². The van der Waals surface area contributed by atoms with Crippen LogP contribution in [-0.2, 0) is 14.3 Å². The molecular weight excluding hydrogens is 350 g/mol. The minimum atomic E-state index is -4.32. The highest BCUT2D eigenvalue weighted by Crippen LogP contribution is 2.32. The number of alkyl halides is 2. The number of halogens is 2. The maximum absolute atomic E-state index is 13.0. The summed E-state index contributed by atoms with van der Waals surface area (Å²) in [4.78, 5) is 34.8. The summed E-state index contributed by atoms with van der Waals surface area (Å²) in [6.45, 7) is 0.126. The van der Waals surface area contributed by atoms with Gasteiger partial charge < -0.3 is 19.4 Å². The first kappa shape index (κ1) is 19.8. The van der Waals surface area contributed by atoms with Crippen LogP contribution in [0.25, 0.3) is 0 Å². The van der Waals surface area contributed by atoms with E-state index in [9.17, 15) is 28.3 Å². The number of rotatable bonds is 6. The van der Waals surface area contributed by atoms with E-state index in [1.54, 1.807) is 0 Å². The third-order valence-electron chi connectivity index (χ3n) is 4.30. The maximum Gasteiger partial charge on any atom is 0.339 e. The summed E-state index contributed by atoms with van der Waals surface area (Å²) in [6, 6.07) is 5.46. The Balaban J connectivity index is 2.12. The summed E-state index contributed by atoms with van der Waals surface area (Å²) in [5.74, 6) is -8.97. The Morgan fingerprint density at radius 3 is 2.15 bits per heavy atom. The molecule has 1 aromatic carbocycles. The van der Waals surface area contributed by atoms with Gasteiger partial charge in [-0.3, -0.25) is 0 Å². The fraction of sp³-hybridized carbons (Fsp3) is 0.500. The Morgan fingerprint density at radius 1 is 1.08 bits per heavy atom. The van der Waals surface area contributed by atoms with Crippen molar-refractivity contribution in [1.29, 1.82) is 0 Å². The van der Waals surface area contributed by atoms with Crippen LogP contribution in [0.5, 0.6) is 0 Å². The first-order valence-corrected chi connectivity index (χ1v) is 8.23. The Kier molecular flexibility index (Phi) is 5.94. The van der Waals surface area contributed by atoms with Gasteiger partial charge in [0, 0.05) is 0 Å². The lowest BCUT2D eigenvalue weighted by Gasteiger charge is -2.33. The van der Waals surface area contributed by atoms with E-state index in [0.29, 0.717) is 12.8 Å². The molecule has 26 heavy (non-hydrogen) atoms. The van der Waals surface area contributed by atoms with Crippen molar-refractivity contribution in [2.24, 2.45) is 0 Å². The van der Waals surface area contributed by atoms with Crippen molar-refractivity contribution < 1.29 is 37.7 Å². The standard InChI is InChI=1S/C18H20F2O6/c1-17(9-5-2-6-10-17)26-15(22)13-8-4-3-7-12(13)14(21)25-11-18(19,20)16(23)24/h3-4,7-8H,2,5-6,9-11H2,1H3,(H,23,24)/p-1. The Hall–Kier alpha value is -2.51. The van der Waals surface area contributed by atoms with E-state index in [0.717, 1.165) is 19.3 Å². The van der Waals surface area contributed by atoms with Gasteiger partial charge in [-0.15, -0.1) is 0 Å². The van der Waals surface area contributed by atoms with Gasteiger partial charge in [0.25, 0.3) is 0 Å². The lowest BCUT2D eigenvalue weighted by molar-refractivity contribution is -0.331. The maximum atomic E-state index is 13.0. The molecule has 1 saturated carbocycles. The number of hydrogen-bond donors (Lipinski definition) is 0. The van der Waals surface area contributed by atoms with Crippen LogP contribution in [0.3, 0.4) is 0 Å². The number of carbonyl (C=O) groups excluding carboxylic acids is 3. The van der Waals surface area contributed by atoms with E-state index in [-0.39, 0.29) is 11.1 Å². The number of carboxylic acids is 1. The number of esters is 2. The van der Waals surface area contributed by atoms with Crippen molar-refractivity contribution in [3.63, 3.8) is 0 Å². The van der Waals surface area contributed by atoms with Crippen molar-refractivity contribution in [3.8, 4) is 0 Å². The molecule has 8 heteroatoms. The highest BCUT2D eigenvalue weighted by molar-refractivity contribution is 6.03. The normalized spacial score (nSPS) is 16.6. The average Bonchev–Trinajstić information content (AvgIpc) is 2.59. The van der Waals surface area contributed by atoms with E-state index in [4.69, 9.17) is 4.74 Å². The molecule has 1 aromatic rings. The molecular formula is C18H19F2O6-. The average molecular weight is 369 g/mol. The summed E-state index contributed by atoms with van der Waals surface area (Å²) in [6.07, 6.45) is 4.30. The zero-order valence-electron chi connectivity index (χ0n) is 14.3. The second-order valence-electron chi connectivity index (χ2n) is 6.51. The van der Waals surface area contributed by atoms with E-state index >= 15 is 0 Å². The molecule has 0 bridgehead atoms. The molecule has 0 atom stereocenters. The highest BCUT2D eigenvalue weighted by Gasteiger charge is 2.35. The zero-order valence-corrected chi connectivity index (χ0v) is 14.3. The third kappa shape index (κ3) is 4.77. The number of benzene rings is 1. The van der Waals surface area contributed by atoms with Gasteiger partial charge in [0.15, 0.2) is 6.61 Å². The van der Waals surface area contributed by atoms with E-state index in [1.165, 1.54) is 24.3 Å². The SMILES string of the molecule is CC1(OC(=O)c2ccccc2C(=O)OCC(F)(F)C(=O)[O-])CCCCC1. The second kappa shape index (κ2) is 7.80. The van der Waals surface area contributed by atoms with Crippen LogP contribution in [0.4, 0.5) is 8.78 Å². The quantitative estimate of drug-likeness (QED) is 0.713. The second-order valence-corrected chi connectivity index (χ2v) is 6.51. The minimum absolute atomic E-state index is 0.124. The van der Waals surface area contributed by atoms with Crippen molar-refractivity contribution in [2.45, 2.75) is 50.6 Å². The molecule has 0 radical (unpaired) electrons. The molecule has 2 rings (SSSR count). The molecule has 142 valence electrons. The van der Waals surface area contributed by atoms with Crippen LogP contribution < -0.4 is 5.11 Å². The number of carbonyl (C=O) groups is 3. The van der Waals surface area contributed by atoms with Crippen molar-refractivity contribution >= 4 is 17.9 Å². The van der Waals surface area contributed by atoms with Crippen LogP contribution in [0.1, 0.15) is 59.7 Å². The molecule has 1 aliphatic rings. The van der Waals surface area contributed by atoms with Gasteiger partial charge in [-0.05, 0) is 44.7 Å². The number of hydrogen-bond acceptors (Lipinski definition) is 6. The summed E-state index contributed by atoms with van der Waals surface area (Å²) < 4.78 is 35.9. The smallest absolute Gasteiger partial charge is 0.339 e. The van der Waals surface area contributed by atoms with E-state index < -0.39 is 36.0 Å². The lowest BCUT2D eigenvalue weighted by atomic mass is 9.86. The van der Waals surface area contributed by atoms with Crippen molar-refractivity contribution in [3.05, 3.63) is 35.4 Å². The number of aliphatic carboxylic acids is 1. The predicted molar refractivity (Wildman–Crippen MR) is 83.6 cm³/mol. The minimum Gasteiger partial charge on any atom is -0.544 e. The van der Waals surface area contributed by atoms with Gasteiger partial charge in [0.1, 0.15) is 11.6 Å². The Bertz CT molecular complexity index is 695. The van der Waals surface area contributed by atoms with Crippen molar-refractivity contribution in [2.75, 3.05) is 6.61 Å². The first-order valence-electron chi connectivity index (χ1n) is 8.23. The molecule has 1 aliphatic carbocycles. The third-order valence-corrected chi connectivity index (χ3v) is 4.30. The molecule has 0 N–H and O–H groups in total. The fourth-order valence-corrected chi connectivity index (χ4v) is 2.81. The zero-order chi connectivity index (χ0) is 19.4. The molecule has 0 aliphatic heterocycles. The number of carboxylic acid groups (broad SMARTS) is 1. The van der Waals surface area contributed by atoms with Crippen LogP contribution in [0, 0.1) is 0 Å². The van der Waals surface area contributed by atoms with Gasteiger partial charge in [-0.2, -0.15) is 8.78 Å². The largest absolute Gasteiger partial charge is 0.544 e. The summed E-state index contributed by atoms with van der Waals surface area (Å²) >= 11 is 0. The van der Waals surface area contributed by atoms with Crippen LogP contribution >= 0.6 is 0 Å². The molecule has 0 unspecified atom stereocenters. The molecule has 0 aromatic heterocycles. The first-order chi connectivity index (χ1) is 12.1. The molecule has 0 spiro atoms. The highest BCUT2D eigenvalue weighted by atomic mass is 19.3. The molecule has 0 saturated heterocycles. The van der Waals surface area contributed by atoms with Crippen molar-refractivity contribution in [1.82, 2.24) is 0 Å². The van der Waals surface area contributed by atoms with Gasteiger partial charge in [0.05, 0.1) is 11.1 Å². The van der Waals surface area contributed by atoms with Crippen LogP contribution in [-0.4, -0.2) is 36.0 Å². The fourth-order valence-electron chi connectivity index (χ4n) is 2.81. The van der Waals surface area contributed by atoms with Crippen LogP contribution in [0.2, 0.25) is 0 Å². The lowest BCUT2D eigenvalue weighted by Crippen LogP contribution is -2.45. The summed E-state index contributed by atoms with van der Waals surface area (Å²) in [5, 5.41) is 10.3. The van der Waals surface area contributed by atoms with Gasteiger partial charge in [-0.1, -0.05) is 18.6 Å². The summed E-state index contributed by atoms with van der Waals surface area (Å²) in [5.41, 5.74) is -1.04. The van der Waals surface area contributed by atoms with Crippen LogP contribution in [0.15, 0.2) is 24.3 Å². The van der Waals surface area contributed by atoms with E-state index in [1.807, 2.05) is 6.92 Å². The van der Waals surface area contributed by atoms with Gasteiger partial charge in [-0.25, -0.2) is 9.59 Å². The summed E-state index contributed by atoms with van der Waals surface area (Å²) in [7, 11) is 0. The molecule has 6 nitrogen and oxygen atoms in total. The Labute approximate surface area is 149 Å².